The quantitative estimate of drug-likeness (QED) is 0.157. The predicted octanol–water partition coefficient (Wildman–Crippen LogP) is 3.44. The molecule has 60 heavy (non-hydrogen) atoms. The van der Waals surface area contributed by atoms with Gasteiger partial charge in [0.2, 0.25) is 29.5 Å². The summed E-state index contributed by atoms with van der Waals surface area (Å²) in [7, 11) is 8.45. The Hall–Kier alpha value is -4.08. The van der Waals surface area contributed by atoms with Crippen LogP contribution in [0, 0.1) is 23.7 Å². The van der Waals surface area contributed by atoms with Crippen molar-refractivity contribution in [1.29, 1.82) is 0 Å². The van der Waals surface area contributed by atoms with Gasteiger partial charge in [0.15, 0.2) is 0 Å². The lowest BCUT2D eigenvalue weighted by atomic mass is 9.89. The van der Waals surface area contributed by atoms with Crippen LogP contribution < -0.4 is 10.6 Å². The maximum Gasteiger partial charge on any atom is 0.326 e. The maximum absolute atomic E-state index is 14.4. The number of nitrogens with zero attached hydrogens (tertiary/aromatic N) is 4. The third-order valence-corrected chi connectivity index (χ3v) is 12.7. The normalized spacial score (nSPS) is 20.9. The zero-order valence-electron chi connectivity index (χ0n) is 38.2. The topological polar surface area (TPSA) is 178 Å². The van der Waals surface area contributed by atoms with Crippen LogP contribution in [0.2, 0.25) is 0 Å². The van der Waals surface area contributed by atoms with Crippen LogP contribution in [0.4, 0.5) is 0 Å². The minimum Gasteiger partial charge on any atom is -0.480 e. The van der Waals surface area contributed by atoms with E-state index in [2.05, 4.69) is 10.6 Å². The highest BCUT2D eigenvalue weighted by atomic mass is 16.5. The van der Waals surface area contributed by atoms with Gasteiger partial charge in [-0.1, -0.05) is 85.2 Å². The van der Waals surface area contributed by atoms with Gasteiger partial charge in [0.05, 0.1) is 42.7 Å². The second-order valence-corrected chi connectivity index (χ2v) is 17.8. The van der Waals surface area contributed by atoms with Crippen LogP contribution in [0.3, 0.4) is 0 Å². The molecular weight excluding hydrogens is 769 g/mol. The summed E-state index contributed by atoms with van der Waals surface area (Å²) in [5, 5.41) is 15.8. The summed E-state index contributed by atoms with van der Waals surface area (Å²) in [5.41, 5.74) is 0.815. The predicted molar refractivity (Wildman–Crippen MR) is 230 cm³/mol. The molecule has 2 aliphatic heterocycles. The van der Waals surface area contributed by atoms with E-state index in [-0.39, 0.29) is 48.3 Å². The number of carbonyl (C=O) groups excluding carboxylic acids is 5. The first-order valence-corrected chi connectivity index (χ1v) is 21.8. The van der Waals surface area contributed by atoms with Gasteiger partial charge in [-0.25, -0.2) is 4.79 Å². The zero-order valence-corrected chi connectivity index (χ0v) is 38.2. The van der Waals surface area contributed by atoms with E-state index in [4.69, 9.17) is 9.47 Å². The lowest BCUT2D eigenvalue weighted by molar-refractivity contribution is -0.150. The summed E-state index contributed by atoms with van der Waals surface area (Å²) in [6.07, 6.45) is 1.65. The fourth-order valence-electron chi connectivity index (χ4n) is 9.25. The van der Waals surface area contributed by atoms with Gasteiger partial charge in [-0.05, 0) is 63.1 Å². The maximum atomic E-state index is 14.4. The van der Waals surface area contributed by atoms with Crippen molar-refractivity contribution in [3.8, 4) is 0 Å². The fraction of sp³-hybridized carbons (Fsp3) is 0.733. The highest BCUT2D eigenvalue weighted by Crippen LogP contribution is 2.30. The van der Waals surface area contributed by atoms with Crippen LogP contribution in [0.15, 0.2) is 30.3 Å². The molecule has 0 bridgehead atoms. The Labute approximate surface area is 358 Å². The van der Waals surface area contributed by atoms with Crippen molar-refractivity contribution >= 4 is 35.5 Å². The Kier molecular flexibility index (Phi) is 19.5. The second-order valence-electron chi connectivity index (χ2n) is 17.8. The molecule has 0 aromatic heterocycles. The molecule has 1 aromatic rings. The van der Waals surface area contributed by atoms with Crippen molar-refractivity contribution < 1.29 is 43.3 Å². The van der Waals surface area contributed by atoms with Crippen LogP contribution in [-0.2, 0) is 44.7 Å². The van der Waals surface area contributed by atoms with E-state index in [1.54, 1.807) is 23.8 Å². The first-order valence-electron chi connectivity index (χ1n) is 21.8. The lowest BCUT2D eigenvalue weighted by Gasteiger charge is -2.41. The Morgan fingerprint density at radius 3 is 1.98 bits per heavy atom. The summed E-state index contributed by atoms with van der Waals surface area (Å²) in [6, 6.07) is 5.14. The monoisotopic (exact) mass is 843 g/mol. The number of likely N-dealkylation sites (N-methyl/N-ethyl adjacent to an activating group) is 2. The average Bonchev–Trinajstić information content (AvgIpc) is 3.90. The zero-order chi connectivity index (χ0) is 45.0. The van der Waals surface area contributed by atoms with Crippen LogP contribution in [-0.4, -0.2) is 157 Å². The molecule has 8 unspecified atom stereocenters. The van der Waals surface area contributed by atoms with Crippen molar-refractivity contribution in [2.45, 2.75) is 142 Å². The molecule has 3 rings (SSSR count). The lowest BCUT2D eigenvalue weighted by Crippen LogP contribution is -2.59. The molecular formula is C45H74N6O9. The minimum absolute atomic E-state index is 0.0241. The Morgan fingerprint density at radius 1 is 0.833 bits per heavy atom. The van der Waals surface area contributed by atoms with E-state index in [0.29, 0.717) is 45.2 Å². The SMILES string of the molecule is CCC(C)C(C(CC(=O)N1CCCC1C(OC)C(C)C(=O)N[C@@H](Cc1ccccc1)C(=O)N1CCC[C@@H]1C(=O)O)OC)N(C)C(=O)C(NC(=O)C(C(C)C)N(C)C)C(C)C. The second kappa shape index (κ2) is 23.2. The van der Waals surface area contributed by atoms with Crippen molar-refractivity contribution in [1.82, 2.24) is 30.2 Å². The van der Waals surface area contributed by atoms with Gasteiger partial charge in [-0.2, -0.15) is 0 Å². The Bertz CT molecular complexity index is 1580. The molecule has 15 heteroatoms. The highest BCUT2D eigenvalue weighted by Gasteiger charge is 2.44. The molecule has 0 aliphatic carbocycles. The number of aliphatic carboxylic acids is 1. The fourth-order valence-corrected chi connectivity index (χ4v) is 9.25. The van der Waals surface area contributed by atoms with E-state index >= 15 is 0 Å². The molecule has 338 valence electrons. The van der Waals surface area contributed by atoms with E-state index in [0.717, 1.165) is 5.56 Å². The largest absolute Gasteiger partial charge is 0.480 e. The smallest absolute Gasteiger partial charge is 0.326 e. The average molecular weight is 843 g/mol. The first kappa shape index (κ1) is 50.3. The first-order chi connectivity index (χ1) is 28.3. The van der Waals surface area contributed by atoms with Crippen molar-refractivity contribution in [2.75, 3.05) is 48.5 Å². The number of amides is 5. The van der Waals surface area contributed by atoms with Crippen molar-refractivity contribution in [2.24, 2.45) is 23.7 Å². The molecule has 0 spiro atoms. The van der Waals surface area contributed by atoms with E-state index in [1.165, 1.54) is 19.1 Å². The summed E-state index contributed by atoms with van der Waals surface area (Å²) >= 11 is 0. The molecule has 15 nitrogen and oxygen atoms in total. The van der Waals surface area contributed by atoms with Crippen molar-refractivity contribution in [3.05, 3.63) is 35.9 Å². The highest BCUT2D eigenvalue weighted by molar-refractivity contribution is 5.92. The van der Waals surface area contributed by atoms with Gasteiger partial charge in [0.25, 0.3) is 0 Å². The molecule has 10 atom stereocenters. The van der Waals surface area contributed by atoms with E-state index in [9.17, 15) is 33.9 Å². The number of hydrogen-bond acceptors (Lipinski definition) is 9. The molecule has 0 saturated carbocycles. The summed E-state index contributed by atoms with van der Waals surface area (Å²) in [5.74, 6) is -3.66. The van der Waals surface area contributed by atoms with Gasteiger partial charge < -0.3 is 39.9 Å². The molecule has 2 aliphatic rings. The summed E-state index contributed by atoms with van der Waals surface area (Å²) in [4.78, 5) is 88.7. The summed E-state index contributed by atoms with van der Waals surface area (Å²) in [6.45, 7) is 14.2. The van der Waals surface area contributed by atoms with Gasteiger partial charge >= 0.3 is 5.97 Å². The number of nitrogens with one attached hydrogen (secondary N) is 2. The number of rotatable bonds is 22. The van der Waals surface area contributed by atoms with Gasteiger partial charge in [0, 0.05) is 40.8 Å². The van der Waals surface area contributed by atoms with Crippen molar-refractivity contribution in [3.63, 3.8) is 0 Å². The molecule has 0 radical (unpaired) electrons. The van der Waals surface area contributed by atoms with Crippen LogP contribution >= 0.6 is 0 Å². The van der Waals surface area contributed by atoms with Crippen LogP contribution in [0.5, 0.6) is 0 Å². The Morgan fingerprint density at radius 2 is 1.45 bits per heavy atom. The van der Waals surface area contributed by atoms with E-state index in [1.807, 2.05) is 90.9 Å². The van der Waals surface area contributed by atoms with Gasteiger partial charge in [0.1, 0.15) is 18.1 Å². The number of methoxy groups -OCH3 is 2. The van der Waals surface area contributed by atoms with Gasteiger partial charge in [-0.3, -0.25) is 28.9 Å². The van der Waals surface area contributed by atoms with E-state index < -0.39 is 72.2 Å². The minimum atomic E-state index is -1.07. The molecule has 2 saturated heterocycles. The van der Waals surface area contributed by atoms with Gasteiger partial charge in [-0.15, -0.1) is 0 Å². The summed E-state index contributed by atoms with van der Waals surface area (Å²) < 4.78 is 12.0. The molecule has 2 heterocycles. The molecule has 3 N–H and O–H groups in total. The number of hydrogen-bond donors (Lipinski definition) is 3. The Balaban J connectivity index is 1.82. The number of ether oxygens (including phenoxy) is 2. The van der Waals surface area contributed by atoms with Crippen LogP contribution in [0.1, 0.15) is 92.6 Å². The number of carboxylic acid groups (broad SMARTS) is 1. The number of carboxylic acids is 1. The third kappa shape index (κ3) is 12.5. The standard InChI is InChI=1S/C45H74N6O9/c1-13-29(6)39(49(10)44(56)37(27(2)3)47-42(54)38(28(4)5)48(8)9)35(59-11)26-36(52)50-23-17-21-33(50)40(60-12)30(7)41(53)46-32(25-31-19-15-14-16-20-31)43(55)51-24-18-22-34(51)45(57)58/h14-16,19-20,27-30,32-35,37-40H,13,17-18,21-26H2,1-12H3,(H,46,53)(H,47,54)(H,57,58)/t29?,30?,32-,33?,34+,35?,37?,38?,39?,40?/m0/s1. The molecule has 5 amide bonds. The number of carbonyl (C=O) groups is 6. The number of likely N-dealkylation sites (tertiary alicyclic amines) is 2. The van der Waals surface area contributed by atoms with Crippen LogP contribution in [0.25, 0.3) is 0 Å². The molecule has 1 aromatic carbocycles. The molecule has 2 fully saturated rings. The third-order valence-electron chi connectivity index (χ3n) is 12.7. The number of benzene rings is 1.